The van der Waals surface area contributed by atoms with Crippen LogP contribution in [-0.2, 0) is 18.9 Å². The molecule has 2 saturated heterocycles. The molecule has 0 aromatic carbocycles. The van der Waals surface area contributed by atoms with E-state index in [0.29, 0.717) is 25.9 Å². The molecule has 258 valence electrons. The first-order valence-corrected chi connectivity index (χ1v) is 14.9. The van der Waals surface area contributed by atoms with Crippen molar-refractivity contribution in [1.29, 1.82) is 0 Å². The van der Waals surface area contributed by atoms with Crippen molar-refractivity contribution in [3.8, 4) is 0 Å². The molecule has 2 aliphatic heterocycles. The molecule has 44 heavy (non-hydrogen) atoms. The number of ether oxygens (including phenoxy) is 4. The van der Waals surface area contributed by atoms with Crippen molar-refractivity contribution in [3.63, 3.8) is 0 Å². The van der Waals surface area contributed by atoms with Crippen LogP contribution in [0, 0.1) is 0 Å². The number of aliphatic imine (C=N–C) groups is 1. The van der Waals surface area contributed by atoms with Crippen LogP contribution in [0.3, 0.4) is 0 Å². The summed E-state index contributed by atoms with van der Waals surface area (Å²) in [5, 5.41) is 87.6. The van der Waals surface area contributed by atoms with Crippen LogP contribution in [0.15, 0.2) is 4.99 Å². The molecule has 15 atom stereocenters. The molecule has 3 rings (SSSR count). The summed E-state index contributed by atoms with van der Waals surface area (Å²) in [6, 6.07) is -3.37. The summed E-state index contributed by atoms with van der Waals surface area (Å²) < 4.78 is 23.9. The number of aliphatic hydroxyl groups is 8. The maximum Gasteiger partial charge on any atom is 0.185 e. The third kappa shape index (κ3) is 9.00. The van der Waals surface area contributed by atoms with E-state index in [-0.39, 0.29) is 25.7 Å². The standard InChI is InChI=1S/C26H52N6O12/c1-26(40)10-41-25(19(39)22(26)30-2)44-21-14(32-23(29)17(37)16(36)15(35)9-34)7-13(28)20(18(21)38)43-24-12(27)4-3-11(42-24)8-31-5-6-33/h11-22,24-25,30-31,33-40H,3-10,27-28H2,1-2H3,(H2,29,32)/t11-,12+,13-,14+,15?,16?,17?,18-,19+,20+,21-,22+,24+,25+,26-/m0/s1. The molecule has 18 heteroatoms. The summed E-state index contributed by atoms with van der Waals surface area (Å²) in [7, 11) is 1.55. The van der Waals surface area contributed by atoms with Crippen LogP contribution < -0.4 is 27.8 Å². The number of hydrogen-bond acceptors (Lipinski definition) is 17. The maximum absolute atomic E-state index is 11.6. The largest absolute Gasteiger partial charge is 0.395 e. The molecular weight excluding hydrogens is 588 g/mol. The predicted octanol–water partition coefficient (Wildman–Crippen LogP) is -6.88. The average molecular weight is 641 g/mol. The maximum atomic E-state index is 11.6. The fourth-order valence-corrected chi connectivity index (χ4v) is 5.83. The Morgan fingerprint density at radius 1 is 1.05 bits per heavy atom. The first-order chi connectivity index (χ1) is 20.7. The highest BCUT2D eigenvalue weighted by molar-refractivity contribution is 5.85. The normalized spacial score (nSPS) is 42.5. The Labute approximate surface area is 256 Å². The summed E-state index contributed by atoms with van der Waals surface area (Å²) in [6.45, 7) is 1.21. The summed E-state index contributed by atoms with van der Waals surface area (Å²) in [4.78, 5) is 4.25. The summed E-state index contributed by atoms with van der Waals surface area (Å²) in [5.41, 5.74) is 17.2. The van der Waals surface area contributed by atoms with Crippen molar-refractivity contribution in [2.24, 2.45) is 22.2 Å². The Balaban J connectivity index is 1.85. The van der Waals surface area contributed by atoms with Crippen LogP contribution in [0.2, 0.25) is 0 Å². The summed E-state index contributed by atoms with van der Waals surface area (Å²) in [6.07, 6.45) is -12.2. The zero-order chi connectivity index (χ0) is 32.8. The van der Waals surface area contributed by atoms with Gasteiger partial charge in [-0.2, -0.15) is 0 Å². The van der Waals surface area contributed by atoms with Crippen LogP contribution in [0.1, 0.15) is 26.2 Å². The van der Waals surface area contributed by atoms with Gasteiger partial charge in [0.1, 0.15) is 54.2 Å². The Bertz CT molecular complexity index is 908. The fourth-order valence-electron chi connectivity index (χ4n) is 5.83. The molecule has 0 spiro atoms. The first kappa shape index (κ1) is 37.3. The highest BCUT2D eigenvalue weighted by atomic mass is 16.7. The lowest BCUT2D eigenvalue weighted by molar-refractivity contribution is -0.306. The van der Waals surface area contributed by atoms with Gasteiger partial charge in [-0.3, -0.25) is 4.99 Å². The van der Waals surface area contributed by atoms with Crippen molar-refractivity contribution in [2.45, 2.75) is 117 Å². The van der Waals surface area contributed by atoms with E-state index in [1.807, 2.05) is 0 Å². The zero-order valence-electron chi connectivity index (χ0n) is 25.1. The Hall–Kier alpha value is -1.17. The van der Waals surface area contributed by atoms with Crippen molar-refractivity contribution >= 4 is 5.84 Å². The molecule has 0 bridgehead atoms. The van der Waals surface area contributed by atoms with Crippen LogP contribution >= 0.6 is 0 Å². The highest BCUT2D eigenvalue weighted by Gasteiger charge is 2.51. The second-order valence-corrected chi connectivity index (χ2v) is 12.0. The number of likely N-dealkylation sites (N-methyl/N-ethyl adjacent to an activating group) is 1. The van der Waals surface area contributed by atoms with E-state index in [4.69, 9.17) is 46.4 Å². The van der Waals surface area contributed by atoms with Crippen LogP contribution in [0.4, 0.5) is 0 Å². The van der Waals surface area contributed by atoms with E-state index in [1.54, 1.807) is 7.05 Å². The number of amidine groups is 1. The third-order valence-corrected chi connectivity index (χ3v) is 8.39. The minimum Gasteiger partial charge on any atom is -0.395 e. The number of nitrogens with two attached hydrogens (primary N) is 3. The molecule has 3 fully saturated rings. The van der Waals surface area contributed by atoms with E-state index < -0.39 is 97.5 Å². The van der Waals surface area contributed by atoms with Gasteiger partial charge in [0.2, 0.25) is 0 Å². The van der Waals surface area contributed by atoms with E-state index in [2.05, 4.69) is 15.6 Å². The van der Waals surface area contributed by atoms with Crippen molar-refractivity contribution < 1.29 is 59.8 Å². The van der Waals surface area contributed by atoms with Gasteiger partial charge in [0.25, 0.3) is 0 Å². The Morgan fingerprint density at radius 2 is 1.73 bits per heavy atom. The minimum absolute atomic E-state index is 0.0299. The van der Waals surface area contributed by atoms with Gasteiger partial charge in [-0.15, -0.1) is 0 Å². The van der Waals surface area contributed by atoms with Crippen LogP contribution in [-0.4, -0.2) is 178 Å². The van der Waals surface area contributed by atoms with Gasteiger partial charge < -0.3 is 87.6 Å². The number of nitrogens with zero attached hydrogens (tertiary/aromatic N) is 1. The van der Waals surface area contributed by atoms with Gasteiger partial charge in [0, 0.05) is 19.1 Å². The van der Waals surface area contributed by atoms with E-state index >= 15 is 0 Å². The molecule has 0 radical (unpaired) electrons. The predicted molar refractivity (Wildman–Crippen MR) is 154 cm³/mol. The van der Waals surface area contributed by atoms with Crippen LogP contribution in [0.5, 0.6) is 0 Å². The Morgan fingerprint density at radius 3 is 2.36 bits per heavy atom. The summed E-state index contributed by atoms with van der Waals surface area (Å²) in [5.74, 6) is -0.528. The number of hydrogen-bond donors (Lipinski definition) is 13. The summed E-state index contributed by atoms with van der Waals surface area (Å²) >= 11 is 0. The topological polar surface area (TPSA) is 313 Å². The monoisotopic (exact) mass is 640 g/mol. The SMILES string of the molecule is CN[C@@H]1[C@@H](O)[C@@H](O[C@@H]2[C@@H](O)[C@H](O[C@H]3O[C@H](CNCCO)CC[C@H]3N)[C@@H](N)C[C@H]2N=C(N)C(O)C(O)C(O)CO)OC[C@]1(C)O. The average Bonchev–Trinajstić information content (AvgIpc) is 2.98. The van der Waals surface area contributed by atoms with Crippen molar-refractivity contribution in [2.75, 3.05) is 40.0 Å². The number of rotatable bonds is 14. The van der Waals surface area contributed by atoms with E-state index in [0.717, 1.165) is 0 Å². The van der Waals surface area contributed by atoms with Crippen molar-refractivity contribution in [1.82, 2.24) is 10.6 Å². The lowest BCUT2D eigenvalue weighted by Crippen LogP contribution is -2.67. The molecule has 2 heterocycles. The zero-order valence-corrected chi connectivity index (χ0v) is 25.1. The highest BCUT2D eigenvalue weighted by Crippen LogP contribution is 2.33. The van der Waals surface area contributed by atoms with Gasteiger partial charge in [-0.25, -0.2) is 0 Å². The van der Waals surface area contributed by atoms with Gasteiger partial charge in [0.05, 0.1) is 44.1 Å². The molecular formula is C26H52N6O12. The number of nitrogens with one attached hydrogen (secondary N) is 2. The molecule has 3 unspecified atom stereocenters. The van der Waals surface area contributed by atoms with Gasteiger partial charge in [0.15, 0.2) is 12.6 Å². The first-order valence-electron chi connectivity index (χ1n) is 14.9. The van der Waals surface area contributed by atoms with Gasteiger partial charge >= 0.3 is 0 Å². The Kier molecular flexibility index (Phi) is 14.1. The fraction of sp³-hybridized carbons (Fsp3) is 0.962. The molecule has 1 aliphatic carbocycles. The van der Waals surface area contributed by atoms with E-state index in [9.17, 15) is 30.6 Å². The minimum atomic E-state index is -1.88. The molecule has 1 saturated carbocycles. The van der Waals surface area contributed by atoms with Crippen LogP contribution in [0.25, 0.3) is 0 Å². The quantitative estimate of drug-likeness (QED) is 0.0476. The molecule has 16 N–H and O–H groups in total. The molecule has 0 aromatic heterocycles. The molecule has 0 aromatic rings. The smallest absolute Gasteiger partial charge is 0.185 e. The third-order valence-electron chi connectivity index (χ3n) is 8.39. The van der Waals surface area contributed by atoms with Gasteiger partial charge in [-0.1, -0.05) is 0 Å². The molecule has 18 nitrogen and oxygen atoms in total. The lowest BCUT2D eigenvalue weighted by atomic mass is 9.83. The van der Waals surface area contributed by atoms with Gasteiger partial charge in [-0.05, 0) is 33.2 Å². The molecule has 3 aliphatic rings. The van der Waals surface area contributed by atoms with Crippen molar-refractivity contribution in [3.05, 3.63) is 0 Å². The molecule has 0 amide bonds. The second-order valence-electron chi connectivity index (χ2n) is 12.0. The second kappa shape index (κ2) is 16.6. The van der Waals surface area contributed by atoms with E-state index in [1.165, 1.54) is 6.92 Å². The number of aliphatic hydroxyl groups excluding tert-OH is 7. The lowest BCUT2D eigenvalue weighted by Gasteiger charge is -2.48.